The molecule has 0 saturated carbocycles. The summed E-state index contributed by atoms with van der Waals surface area (Å²) in [5.41, 5.74) is 3.32. The third-order valence-corrected chi connectivity index (χ3v) is 2.28. The van der Waals surface area contributed by atoms with Gasteiger partial charge in [-0.15, -0.1) is 0 Å². The molecule has 1 aromatic carbocycles. The summed E-state index contributed by atoms with van der Waals surface area (Å²) in [6.45, 7) is 3.01. The maximum absolute atomic E-state index is 9.08. The summed E-state index contributed by atoms with van der Waals surface area (Å²) in [5.74, 6) is 0. The summed E-state index contributed by atoms with van der Waals surface area (Å²) < 4.78 is 0. The van der Waals surface area contributed by atoms with Crippen LogP contribution in [0.4, 0.5) is 0 Å². The topological polar surface area (TPSA) is 32.3 Å². The third kappa shape index (κ3) is 2.69. The molecule has 0 aliphatic carbocycles. The first-order valence-electron chi connectivity index (χ1n) is 4.80. The second kappa shape index (κ2) is 5.58. The standard InChI is InChI=1S/C12H17NO/c1-10-11(7-4-8-13-2)5-3-6-12(10)9-14/h3-7,13-14H,8-9H2,1-2H3. The molecule has 0 aliphatic rings. The first-order valence-corrected chi connectivity index (χ1v) is 4.80. The Balaban J connectivity index is 2.86. The van der Waals surface area contributed by atoms with Crippen LogP contribution in [-0.4, -0.2) is 18.7 Å². The van der Waals surface area contributed by atoms with Crippen molar-refractivity contribution in [2.45, 2.75) is 13.5 Å². The van der Waals surface area contributed by atoms with Gasteiger partial charge in [-0.1, -0.05) is 30.4 Å². The molecule has 0 amide bonds. The highest BCUT2D eigenvalue weighted by atomic mass is 16.3. The summed E-state index contributed by atoms with van der Waals surface area (Å²) in [6.07, 6.45) is 4.15. The van der Waals surface area contributed by atoms with Crippen LogP contribution in [0.2, 0.25) is 0 Å². The molecule has 0 fully saturated rings. The van der Waals surface area contributed by atoms with E-state index in [0.717, 1.165) is 17.7 Å². The molecule has 0 radical (unpaired) electrons. The highest BCUT2D eigenvalue weighted by molar-refractivity contribution is 5.55. The summed E-state index contributed by atoms with van der Waals surface area (Å²) in [5, 5.41) is 12.1. The second-order valence-electron chi connectivity index (χ2n) is 3.25. The summed E-state index contributed by atoms with van der Waals surface area (Å²) in [4.78, 5) is 0. The first kappa shape index (κ1) is 11.0. The van der Waals surface area contributed by atoms with Crippen LogP contribution in [0.3, 0.4) is 0 Å². The Morgan fingerprint density at radius 1 is 1.43 bits per heavy atom. The first-order chi connectivity index (χ1) is 6.79. The minimum Gasteiger partial charge on any atom is -0.392 e. The number of aliphatic hydroxyl groups excluding tert-OH is 1. The SMILES string of the molecule is CNCC=Cc1cccc(CO)c1C. The normalized spacial score (nSPS) is 11.1. The van der Waals surface area contributed by atoms with Gasteiger partial charge in [0, 0.05) is 6.54 Å². The van der Waals surface area contributed by atoms with Gasteiger partial charge in [0.2, 0.25) is 0 Å². The van der Waals surface area contributed by atoms with Crippen LogP contribution in [0.1, 0.15) is 16.7 Å². The minimum atomic E-state index is 0.111. The van der Waals surface area contributed by atoms with Crippen molar-refractivity contribution < 1.29 is 5.11 Å². The maximum atomic E-state index is 9.08. The Kier molecular flexibility index (Phi) is 4.36. The highest BCUT2D eigenvalue weighted by Gasteiger charge is 1.99. The van der Waals surface area contributed by atoms with E-state index in [4.69, 9.17) is 5.11 Å². The number of likely N-dealkylation sites (N-methyl/N-ethyl adjacent to an activating group) is 1. The number of hydrogen-bond donors (Lipinski definition) is 2. The number of nitrogens with one attached hydrogen (secondary N) is 1. The van der Waals surface area contributed by atoms with Crippen LogP contribution in [0.25, 0.3) is 6.08 Å². The molecule has 0 atom stereocenters. The fourth-order valence-corrected chi connectivity index (χ4v) is 1.36. The predicted molar refractivity (Wildman–Crippen MR) is 60.1 cm³/mol. The Bertz CT molecular complexity index is 318. The van der Waals surface area contributed by atoms with E-state index in [2.05, 4.69) is 23.5 Å². The molecule has 0 saturated heterocycles. The minimum absolute atomic E-state index is 0.111. The van der Waals surface area contributed by atoms with Crippen molar-refractivity contribution in [3.63, 3.8) is 0 Å². The van der Waals surface area contributed by atoms with Crippen LogP contribution >= 0.6 is 0 Å². The molecule has 0 unspecified atom stereocenters. The van der Waals surface area contributed by atoms with Gasteiger partial charge >= 0.3 is 0 Å². The van der Waals surface area contributed by atoms with E-state index in [1.54, 1.807) is 0 Å². The Morgan fingerprint density at radius 2 is 2.21 bits per heavy atom. The molecule has 1 aromatic rings. The zero-order valence-electron chi connectivity index (χ0n) is 8.75. The van der Waals surface area contributed by atoms with Gasteiger partial charge < -0.3 is 10.4 Å². The molecule has 2 heteroatoms. The van der Waals surface area contributed by atoms with Crippen molar-refractivity contribution >= 4 is 6.08 Å². The largest absolute Gasteiger partial charge is 0.392 e. The molecule has 2 nitrogen and oxygen atoms in total. The maximum Gasteiger partial charge on any atom is 0.0684 e. The van der Waals surface area contributed by atoms with Crippen LogP contribution in [0.5, 0.6) is 0 Å². The van der Waals surface area contributed by atoms with E-state index in [1.807, 2.05) is 26.1 Å². The highest BCUT2D eigenvalue weighted by Crippen LogP contribution is 2.14. The van der Waals surface area contributed by atoms with Crippen LogP contribution in [0, 0.1) is 6.92 Å². The van der Waals surface area contributed by atoms with Gasteiger partial charge in [-0.3, -0.25) is 0 Å². The van der Waals surface area contributed by atoms with E-state index in [0.29, 0.717) is 0 Å². The number of benzene rings is 1. The van der Waals surface area contributed by atoms with Gasteiger partial charge in [0.25, 0.3) is 0 Å². The molecular weight excluding hydrogens is 174 g/mol. The second-order valence-corrected chi connectivity index (χ2v) is 3.25. The molecule has 0 aromatic heterocycles. The number of rotatable bonds is 4. The molecule has 1 rings (SSSR count). The molecular formula is C12H17NO. The van der Waals surface area contributed by atoms with Gasteiger partial charge in [-0.05, 0) is 30.7 Å². The fourth-order valence-electron chi connectivity index (χ4n) is 1.36. The van der Waals surface area contributed by atoms with Gasteiger partial charge in [-0.25, -0.2) is 0 Å². The quantitative estimate of drug-likeness (QED) is 0.759. The predicted octanol–water partition coefficient (Wildman–Crippen LogP) is 1.72. The van der Waals surface area contributed by atoms with Gasteiger partial charge in [-0.2, -0.15) is 0 Å². The van der Waals surface area contributed by atoms with Crippen LogP contribution in [-0.2, 0) is 6.61 Å². The monoisotopic (exact) mass is 191 g/mol. The zero-order valence-corrected chi connectivity index (χ0v) is 8.75. The van der Waals surface area contributed by atoms with Crippen molar-refractivity contribution in [3.05, 3.63) is 41.0 Å². The molecule has 0 bridgehead atoms. The molecule has 0 spiro atoms. The summed E-state index contributed by atoms with van der Waals surface area (Å²) in [6, 6.07) is 5.98. The van der Waals surface area contributed by atoms with Crippen molar-refractivity contribution in [1.29, 1.82) is 0 Å². The van der Waals surface area contributed by atoms with Gasteiger partial charge in [0.15, 0.2) is 0 Å². The summed E-state index contributed by atoms with van der Waals surface area (Å²) >= 11 is 0. The number of aliphatic hydroxyl groups is 1. The summed E-state index contributed by atoms with van der Waals surface area (Å²) in [7, 11) is 1.92. The lowest BCUT2D eigenvalue weighted by Gasteiger charge is -2.05. The van der Waals surface area contributed by atoms with Gasteiger partial charge in [0.1, 0.15) is 0 Å². The van der Waals surface area contributed by atoms with E-state index >= 15 is 0 Å². The molecule has 0 aliphatic heterocycles. The molecule has 14 heavy (non-hydrogen) atoms. The van der Waals surface area contributed by atoms with Crippen molar-refractivity contribution in [2.75, 3.05) is 13.6 Å². The lowest BCUT2D eigenvalue weighted by Crippen LogP contribution is -2.03. The third-order valence-electron chi connectivity index (χ3n) is 2.28. The van der Waals surface area contributed by atoms with Crippen molar-refractivity contribution in [3.8, 4) is 0 Å². The van der Waals surface area contributed by atoms with Crippen LogP contribution in [0.15, 0.2) is 24.3 Å². The Hall–Kier alpha value is -1.12. The average molecular weight is 191 g/mol. The van der Waals surface area contributed by atoms with E-state index in [9.17, 15) is 0 Å². The Labute approximate surface area is 85.3 Å². The molecule has 76 valence electrons. The molecule has 2 N–H and O–H groups in total. The lowest BCUT2D eigenvalue weighted by atomic mass is 10.0. The van der Waals surface area contributed by atoms with E-state index in [-0.39, 0.29) is 6.61 Å². The smallest absolute Gasteiger partial charge is 0.0684 e. The zero-order chi connectivity index (χ0) is 10.4. The van der Waals surface area contributed by atoms with E-state index in [1.165, 1.54) is 5.56 Å². The fraction of sp³-hybridized carbons (Fsp3) is 0.333. The Morgan fingerprint density at radius 3 is 2.86 bits per heavy atom. The van der Waals surface area contributed by atoms with Crippen molar-refractivity contribution in [2.24, 2.45) is 0 Å². The van der Waals surface area contributed by atoms with Crippen molar-refractivity contribution in [1.82, 2.24) is 5.32 Å². The van der Waals surface area contributed by atoms with Crippen LogP contribution < -0.4 is 5.32 Å². The number of hydrogen-bond acceptors (Lipinski definition) is 2. The van der Waals surface area contributed by atoms with E-state index < -0.39 is 0 Å². The average Bonchev–Trinajstić information content (AvgIpc) is 2.21. The lowest BCUT2D eigenvalue weighted by molar-refractivity contribution is 0.281. The molecule has 0 heterocycles. The van der Waals surface area contributed by atoms with Gasteiger partial charge in [0.05, 0.1) is 6.61 Å².